The number of esters is 1. The molecule has 4 aromatic rings. The number of methoxy groups -OCH3 is 1. The third-order valence-electron chi connectivity index (χ3n) is 8.09. The van der Waals surface area contributed by atoms with Gasteiger partial charge >= 0.3 is 5.97 Å². The van der Waals surface area contributed by atoms with Crippen LogP contribution in [-0.2, 0) is 16.0 Å². The summed E-state index contributed by atoms with van der Waals surface area (Å²) < 4.78 is 11.0. The number of aryl methyl sites for hydroxylation is 2. The second-order valence-electron chi connectivity index (χ2n) is 12.2. The van der Waals surface area contributed by atoms with Crippen molar-refractivity contribution in [3.05, 3.63) is 100 Å². The van der Waals surface area contributed by atoms with E-state index < -0.39 is 5.97 Å². The van der Waals surface area contributed by atoms with Crippen molar-refractivity contribution in [2.75, 3.05) is 19.0 Å². The number of aromatic nitrogens is 1. The number of para-hydroxylation sites is 1. The van der Waals surface area contributed by atoms with Gasteiger partial charge in [-0.25, -0.2) is 9.78 Å². The number of fused-ring (bicyclic) bond motifs is 2. The van der Waals surface area contributed by atoms with Crippen molar-refractivity contribution in [2.24, 2.45) is 11.3 Å². The van der Waals surface area contributed by atoms with E-state index in [1.165, 1.54) is 0 Å². The van der Waals surface area contributed by atoms with Crippen LogP contribution in [0.5, 0.6) is 5.75 Å². The van der Waals surface area contributed by atoms with Gasteiger partial charge in [0.2, 0.25) is 0 Å². The first-order valence-corrected chi connectivity index (χ1v) is 14.3. The molecule has 1 aliphatic rings. The average molecular weight is 563 g/mol. The van der Waals surface area contributed by atoms with Gasteiger partial charge in [0.25, 0.3) is 5.91 Å². The monoisotopic (exact) mass is 562 g/mol. The Labute approximate surface area is 247 Å². The van der Waals surface area contributed by atoms with Crippen molar-refractivity contribution in [2.45, 2.75) is 47.5 Å². The summed E-state index contributed by atoms with van der Waals surface area (Å²) in [6.07, 6.45) is 3.68. The van der Waals surface area contributed by atoms with Crippen LogP contribution in [0.2, 0.25) is 0 Å². The second kappa shape index (κ2) is 11.8. The summed E-state index contributed by atoms with van der Waals surface area (Å²) in [6.45, 7) is 10.3. The number of benzene rings is 3. The quantitative estimate of drug-likeness (QED) is 0.243. The fourth-order valence-corrected chi connectivity index (χ4v) is 5.61. The van der Waals surface area contributed by atoms with Crippen molar-refractivity contribution in [1.82, 2.24) is 4.98 Å². The molecule has 0 fully saturated rings. The highest BCUT2D eigenvalue weighted by molar-refractivity contribution is 6.07. The third-order valence-corrected chi connectivity index (χ3v) is 8.09. The Balaban J connectivity index is 1.53. The molecule has 1 amide bonds. The number of rotatable bonds is 6. The highest BCUT2D eigenvalue weighted by Crippen LogP contribution is 2.45. The number of nitrogens with one attached hydrogen (secondary N) is 1. The predicted molar refractivity (Wildman–Crippen MR) is 169 cm³/mol. The summed E-state index contributed by atoms with van der Waals surface area (Å²) in [5.41, 5.74) is 7.78. The summed E-state index contributed by atoms with van der Waals surface area (Å²) in [5, 5.41) is 3.60. The first-order chi connectivity index (χ1) is 20.0. The fraction of sp³-hybridized carbons (Fsp3) is 0.306. The molecule has 1 heterocycles. The zero-order valence-corrected chi connectivity index (χ0v) is 25.2. The van der Waals surface area contributed by atoms with Crippen LogP contribution in [0.1, 0.15) is 65.5 Å². The first kappa shape index (κ1) is 29.1. The molecule has 0 radical (unpaired) electrons. The average Bonchev–Trinajstić information content (AvgIpc) is 2.96. The second-order valence-corrected chi connectivity index (χ2v) is 12.2. The Hall–Kier alpha value is -4.45. The van der Waals surface area contributed by atoms with Gasteiger partial charge in [-0.1, -0.05) is 68.8 Å². The summed E-state index contributed by atoms with van der Waals surface area (Å²) >= 11 is 0. The van der Waals surface area contributed by atoms with Crippen LogP contribution in [0.3, 0.4) is 0 Å². The van der Waals surface area contributed by atoms with Gasteiger partial charge in [0.05, 0.1) is 23.9 Å². The largest absolute Gasteiger partial charge is 0.497 e. The SMILES string of the molecule is COc1ccc(/C=C2\CC(C(C)(C)C)Cc3c2nc2ccccc2c3C(=O)OCC(=O)Nc2ccc(C)cc2C)cc1. The van der Waals surface area contributed by atoms with E-state index in [0.717, 1.165) is 56.6 Å². The molecule has 6 heteroatoms. The van der Waals surface area contributed by atoms with E-state index in [2.05, 4.69) is 32.2 Å². The third kappa shape index (κ3) is 6.23. The molecule has 1 aromatic heterocycles. The van der Waals surface area contributed by atoms with E-state index in [9.17, 15) is 9.59 Å². The number of amides is 1. The number of hydrogen-bond acceptors (Lipinski definition) is 5. The van der Waals surface area contributed by atoms with Crippen LogP contribution in [0, 0.1) is 25.2 Å². The van der Waals surface area contributed by atoms with Gasteiger partial charge in [-0.3, -0.25) is 4.79 Å². The van der Waals surface area contributed by atoms with Gasteiger partial charge in [-0.2, -0.15) is 0 Å². The highest BCUT2D eigenvalue weighted by Gasteiger charge is 2.35. The van der Waals surface area contributed by atoms with Gasteiger partial charge in [0.15, 0.2) is 6.61 Å². The maximum absolute atomic E-state index is 13.8. The number of carbonyl (C=O) groups excluding carboxylic acids is 2. The van der Waals surface area contributed by atoms with E-state index in [1.807, 2.05) is 80.6 Å². The molecule has 6 nitrogen and oxygen atoms in total. The molecule has 0 saturated heterocycles. The van der Waals surface area contributed by atoms with Gasteiger partial charge in [-0.15, -0.1) is 0 Å². The lowest BCUT2D eigenvalue weighted by molar-refractivity contribution is -0.119. The van der Waals surface area contributed by atoms with Gasteiger partial charge in [0.1, 0.15) is 5.75 Å². The van der Waals surface area contributed by atoms with Crippen LogP contribution in [0.15, 0.2) is 66.7 Å². The molecule has 3 aromatic carbocycles. The molecule has 0 aliphatic heterocycles. The summed E-state index contributed by atoms with van der Waals surface area (Å²) in [5.74, 6) is 0.176. The van der Waals surface area contributed by atoms with Crippen LogP contribution >= 0.6 is 0 Å². The summed E-state index contributed by atoms with van der Waals surface area (Å²) in [6, 6.07) is 21.4. The van der Waals surface area contributed by atoms with Crippen LogP contribution in [0.25, 0.3) is 22.6 Å². The maximum atomic E-state index is 13.8. The normalized spacial score (nSPS) is 15.8. The number of hydrogen-bond donors (Lipinski definition) is 1. The topological polar surface area (TPSA) is 77.5 Å². The highest BCUT2D eigenvalue weighted by atomic mass is 16.5. The molecule has 1 unspecified atom stereocenters. The standard InChI is InChI=1S/C36H38N2O4/c1-22-11-16-30(23(2)17-22)37-32(39)21-42-35(40)33-28-9-7-8-10-31(28)38-34-25(18-24-12-14-27(41-6)15-13-24)19-26(20-29(33)34)36(3,4)5/h7-18,26H,19-21H2,1-6H3,(H,37,39)/b25-18+. The minimum atomic E-state index is -0.515. The van der Waals surface area contributed by atoms with Crippen molar-refractivity contribution in [3.8, 4) is 5.75 Å². The molecular formula is C36H38N2O4. The Morgan fingerprint density at radius 3 is 2.43 bits per heavy atom. The smallest absolute Gasteiger partial charge is 0.339 e. The van der Waals surface area contributed by atoms with Crippen molar-refractivity contribution in [3.63, 3.8) is 0 Å². The van der Waals surface area contributed by atoms with E-state index in [0.29, 0.717) is 17.7 Å². The van der Waals surface area contributed by atoms with Crippen molar-refractivity contribution >= 4 is 40.1 Å². The van der Waals surface area contributed by atoms with Crippen LogP contribution in [0.4, 0.5) is 5.69 Å². The summed E-state index contributed by atoms with van der Waals surface area (Å²) in [7, 11) is 1.65. The number of anilines is 1. The van der Waals surface area contributed by atoms with E-state index in [4.69, 9.17) is 14.5 Å². The Morgan fingerprint density at radius 1 is 1.00 bits per heavy atom. The molecule has 1 N–H and O–H groups in total. The van der Waals surface area contributed by atoms with E-state index in [-0.39, 0.29) is 23.8 Å². The lowest BCUT2D eigenvalue weighted by Gasteiger charge is -2.36. The van der Waals surface area contributed by atoms with Crippen molar-refractivity contribution < 1.29 is 19.1 Å². The summed E-state index contributed by atoms with van der Waals surface area (Å²) in [4.78, 5) is 31.7. The minimum absolute atomic E-state index is 0.00467. The maximum Gasteiger partial charge on any atom is 0.339 e. The molecule has 0 spiro atoms. The molecule has 1 aliphatic carbocycles. The lowest BCUT2D eigenvalue weighted by Crippen LogP contribution is -2.29. The van der Waals surface area contributed by atoms with Gasteiger partial charge in [0, 0.05) is 11.1 Å². The molecule has 0 bridgehead atoms. The molecule has 5 rings (SSSR count). The fourth-order valence-electron chi connectivity index (χ4n) is 5.61. The van der Waals surface area contributed by atoms with E-state index >= 15 is 0 Å². The lowest BCUT2D eigenvalue weighted by atomic mass is 9.69. The van der Waals surface area contributed by atoms with Crippen molar-refractivity contribution in [1.29, 1.82) is 0 Å². The zero-order chi connectivity index (χ0) is 30.0. The van der Waals surface area contributed by atoms with Gasteiger partial charge < -0.3 is 14.8 Å². The number of ether oxygens (including phenoxy) is 2. The Bertz CT molecular complexity index is 1680. The molecule has 0 saturated carbocycles. The zero-order valence-electron chi connectivity index (χ0n) is 25.2. The number of carbonyl (C=O) groups is 2. The molecule has 216 valence electrons. The first-order valence-electron chi connectivity index (χ1n) is 14.3. The molecule has 42 heavy (non-hydrogen) atoms. The Kier molecular flexibility index (Phi) is 8.17. The molecule has 1 atom stereocenters. The number of pyridine rings is 1. The Morgan fingerprint density at radius 2 is 1.74 bits per heavy atom. The van der Waals surface area contributed by atoms with E-state index in [1.54, 1.807) is 7.11 Å². The van der Waals surface area contributed by atoms with Gasteiger partial charge in [-0.05, 0) is 90.6 Å². The number of nitrogens with zero attached hydrogens (tertiary/aromatic N) is 1. The molecular weight excluding hydrogens is 524 g/mol. The van der Waals surface area contributed by atoms with Crippen LogP contribution < -0.4 is 10.1 Å². The van der Waals surface area contributed by atoms with Crippen LogP contribution in [-0.4, -0.2) is 30.6 Å². The minimum Gasteiger partial charge on any atom is -0.497 e. The number of allylic oxidation sites excluding steroid dienone is 1. The predicted octanol–water partition coefficient (Wildman–Crippen LogP) is 7.80.